The van der Waals surface area contributed by atoms with Gasteiger partial charge in [-0.05, 0) is 6.42 Å². The maximum atomic E-state index is 11.8. The Hall–Kier alpha value is -1.42. The van der Waals surface area contributed by atoms with Gasteiger partial charge in [0, 0.05) is 6.61 Å². The summed E-state index contributed by atoms with van der Waals surface area (Å²) in [6.45, 7) is 2.35. The van der Waals surface area contributed by atoms with E-state index in [0.29, 0.717) is 6.42 Å². The molecule has 37 heavy (non-hydrogen) atoms. The predicted molar refractivity (Wildman–Crippen MR) is 125 cm³/mol. The summed E-state index contributed by atoms with van der Waals surface area (Å²) in [5, 5.41) is 69.6. The summed E-state index contributed by atoms with van der Waals surface area (Å²) >= 11 is 0. The molecule has 0 aromatic carbocycles. The quantitative estimate of drug-likeness (QED) is 0.126. The number of aliphatic hydroxyl groups excluding tert-OH is 5. The zero-order valence-corrected chi connectivity index (χ0v) is 21.1. The molecule has 7 unspecified atom stereocenters. The first-order chi connectivity index (χ1) is 17.6. The minimum atomic E-state index is -1.99. The summed E-state index contributed by atoms with van der Waals surface area (Å²) in [7, 11) is 0. The van der Waals surface area contributed by atoms with Crippen LogP contribution in [-0.2, 0) is 28.5 Å². The number of unbranched alkanes of at least 4 members (excludes halogenated alkanes) is 9. The smallest absolute Gasteiger partial charge is 0.335 e. The molecule has 216 valence electrons. The molecule has 0 radical (unpaired) electrons. The lowest BCUT2D eigenvalue weighted by atomic mass is 9.96. The topological polar surface area (TPSA) is 213 Å². The number of carboxylic acid groups (broad SMARTS) is 2. The van der Waals surface area contributed by atoms with Crippen molar-refractivity contribution in [1.82, 2.24) is 0 Å². The predicted octanol–water partition coefficient (Wildman–Crippen LogP) is -0.267. The minimum absolute atomic E-state index is 0.164. The molecule has 13 nitrogen and oxygen atoms in total. The number of rotatable bonds is 16. The number of aliphatic carboxylic acids is 2. The fourth-order valence-corrected chi connectivity index (χ4v) is 4.43. The third-order valence-corrected chi connectivity index (χ3v) is 6.67. The average Bonchev–Trinajstić information content (AvgIpc) is 2.86. The van der Waals surface area contributed by atoms with Crippen molar-refractivity contribution >= 4 is 11.9 Å². The Morgan fingerprint density at radius 1 is 0.622 bits per heavy atom. The lowest BCUT2D eigenvalue weighted by Gasteiger charge is -2.44. The third-order valence-electron chi connectivity index (χ3n) is 6.67. The van der Waals surface area contributed by atoms with E-state index < -0.39 is 73.4 Å². The van der Waals surface area contributed by atoms with Crippen LogP contribution in [0.25, 0.3) is 0 Å². The second-order valence-electron chi connectivity index (χ2n) is 9.63. The van der Waals surface area contributed by atoms with Crippen LogP contribution < -0.4 is 0 Å². The van der Waals surface area contributed by atoms with Crippen LogP contribution in [0.1, 0.15) is 71.1 Å². The van der Waals surface area contributed by atoms with E-state index in [-0.39, 0.29) is 6.61 Å². The summed E-state index contributed by atoms with van der Waals surface area (Å²) in [5.74, 6) is -3.24. The summed E-state index contributed by atoms with van der Waals surface area (Å²) in [6, 6.07) is 0. The van der Waals surface area contributed by atoms with E-state index in [4.69, 9.17) is 24.1 Å². The molecule has 2 saturated heterocycles. The molecule has 2 fully saturated rings. The number of carboxylic acids is 2. The molecule has 0 aromatic rings. The number of aliphatic hydroxyl groups is 5. The monoisotopic (exact) mass is 538 g/mol. The highest BCUT2D eigenvalue weighted by Gasteiger charge is 2.53. The molecule has 0 saturated carbocycles. The van der Waals surface area contributed by atoms with Gasteiger partial charge in [-0.15, -0.1) is 0 Å². The molecule has 2 rings (SSSR count). The van der Waals surface area contributed by atoms with Crippen molar-refractivity contribution in [3.05, 3.63) is 0 Å². The van der Waals surface area contributed by atoms with Crippen LogP contribution in [0.5, 0.6) is 0 Å². The number of carbonyl (C=O) groups is 2. The highest BCUT2D eigenvalue weighted by Crippen LogP contribution is 2.30. The SMILES string of the molecule is CCCCCCCCCCCCO[C@@H]1OC(C(=O)O)C(O[C@@H]2OC(C(=O)O)[C@@H](O)C(O)C2O)C(O)C1O. The van der Waals surface area contributed by atoms with Gasteiger partial charge in [0.2, 0.25) is 0 Å². The molecule has 7 N–H and O–H groups in total. The van der Waals surface area contributed by atoms with Crippen molar-refractivity contribution < 1.29 is 64.3 Å². The Kier molecular flexibility index (Phi) is 13.6. The average molecular weight is 539 g/mol. The maximum Gasteiger partial charge on any atom is 0.335 e. The molecule has 0 aliphatic carbocycles. The molecular formula is C24H42O13. The summed E-state index contributed by atoms with van der Waals surface area (Å²) < 4.78 is 21.0. The summed E-state index contributed by atoms with van der Waals surface area (Å²) in [6.07, 6.45) is -7.60. The zero-order chi connectivity index (χ0) is 27.5. The molecule has 0 bridgehead atoms. The van der Waals surface area contributed by atoms with E-state index in [0.717, 1.165) is 19.3 Å². The van der Waals surface area contributed by atoms with Gasteiger partial charge in [-0.25, -0.2) is 9.59 Å². The second kappa shape index (κ2) is 15.9. The minimum Gasteiger partial charge on any atom is -0.479 e. The summed E-state index contributed by atoms with van der Waals surface area (Å²) in [5.41, 5.74) is 0. The Morgan fingerprint density at radius 2 is 1.11 bits per heavy atom. The zero-order valence-electron chi connectivity index (χ0n) is 21.1. The Morgan fingerprint density at radius 3 is 1.65 bits per heavy atom. The lowest BCUT2D eigenvalue weighted by molar-refractivity contribution is -0.350. The first-order valence-electron chi connectivity index (χ1n) is 13.0. The number of hydrogen-bond acceptors (Lipinski definition) is 11. The van der Waals surface area contributed by atoms with Gasteiger partial charge in [0.15, 0.2) is 24.8 Å². The fraction of sp³-hybridized carbons (Fsp3) is 0.917. The highest BCUT2D eigenvalue weighted by atomic mass is 16.7. The molecule has 0 amide bonds. The normalized spacial score (nSPS) is 36.4. The van der Waals surface area contributed by atoms with Crippen LogP contribution in [0.4, 0.5) is 0 Å². The molecule has 2 aliphatic heterocycles. The maximum absolute atomic E-state index is 11.8. The largest absolute Gasteiger partial charge is 0.479 e. The molecule has 2 heterocycles. The number of ether oxygens (including phenoxy) is 4. The molecule has 10 atom stereocenters. The van der Waals surface area contributed by atoms with Crippen molar-refractivity contribution in [2.75, 3.05) is 6.61 Å². The third kappa shape index (κ3) is 9.08. The van der Waals surface area contributed by atoms with Crippen LogP contribution in [0, 0.1) is 0 Å². The van der Waals surface area contributed by atoms with Crippen LogP contribution in [0.3, 0.4) is 0 Å². The van der Waals surface area contributed by atoms with Gasteiger partial charge < -0.3 is 54.7 Å². The van der Waals surface area contributed by atoms with Gasteiger partial charge in [-0.1, -0.05) is 64.7 Å². The van der Waals surface area contributed by atoms with Gasteiger partial charge >= 0.3 is 11.9 Å². The Balaban J connectivity index is 1.84. The van der Waals surface area contributed by atoms with Crippen molar-refractivity contribution in [3.8, 4) is 0 Å². The van der Waals surface area contributed by atoms with Gasteiger partial charge in [0.05, 0.1) is 0 Å². The van der Waals surface area contributed by atoms with Crippen molar-refractivity contribution in [1.29, 1.82) is 0 Å². The van der Waals surface area contributed by atoms with Gasteiger partial charge in [0.25, 0.3) is 0 Å². The second-order valence-corrected chi connectivity index (χ2v) is 9.63. The first-order valence-corrected chi connectivity index (χ1v) is 13.0. The fourth-order valence-electron chi connectivity index (χ4n) is 4.43. The standard InChI is InChI=1S/C24H42O13/c1-2-3-4-5-6-7-8-9-10-11-12-34-23-17(29)15(27)18(20(37-23)22(32)33)35-24-16(28)13(25)14(26)19(36-24)21(30)31/h13-20,23-29H,2-12H2,1H3,(H,30,31)(H,32,33)/t13?,14-,15?,16?,17?,18?,19?,20?,23+,24+/m0/s1. The van der Waals surface area contributed by atoms with E-state index in [1.165, 1.54) is 38.5 Å². The van der Waals surface area contributed by atoms with Crippen molar-refractivity contribution in [3.63, 3.8) is 0 Å². The summed E-state index contributed by atoms with van der Waals surface area (Å²) in [4.78, 5) is 23.1. The van der Waals surface area contributed by atoms with Crippen molar-refractivity contribution in [2.24, 2.45) is 0 Å². The Labute approximate surface area is 215 Å². The molecular weight excluding hydrogens is 496 g/mol. The molecule has 13 heteroatoms. The van der Waals surface area contributed by atoms with Crippen LogP contribution >= 0.6 is 0 Å². The molecule has 0 spiro atoms. The lowest BCUT2D eigenvalue weighted by Crippen LogP contribution is -2.65. The first kappa shape index (κ1) is 31.8. The van der Waals surface area contributed by atoms with E-state index in [1.807, 2.05) is 0 Å². The molecule has 0 aromatic heterocycles. The van der Waals surface area contributed by atoms with Crippen LogP contribution in [-0.4, -0.2) is 116 Å². The Bertz CT molecular complexity index is 692. The van der Waals surface area contributed by atoms with Gasteiger partial charge in [-0.2, -0.15) is 0 Å². The van der Waals surface area contributed by atoms with E-state index >= 15 is 0 Å². The van der Waals surface area contributed by atoms with Gasteiger partial charge in [-0.3, -0.25) is 0 Å². The number of hydrogen-bond donors (Lipinski definition) is 7. The van der Waals surface area contributed by atoms with Crippen LogP contribution in [0.15, 0.2) is 0 Å². The van der Waals surface area contributed by atoms with Crippen LogP contribution in [0.2, 0.25) is 0 Å². The van der Waals surface area contributed by atoms with E-state index in [1.54, 1.807) is 0 Å². The van der Waals surface area contributed by atoms with E-state index in [2.05, 4.69) is 6.92 Å². The van der Waals surface area contributed by atoms with E-state index in [9.17, 15) is 40.2 Å². The molecule has 2 aliphatic rings. The highest BCUT2D eigenvalue weighted by molar-refractivity contribution is 5.74. The van der Waals surface area contributed by atoms with Gasteiger partial charge in [0.1, 0.15) is 36.6 Å². The van der Waals surface area contributed by atoms with Crippen molar-refractivity contribution in [2.45, 2.75) is 133 Å².